The molecule has 37 heavy (non-hydrogen) atoms. The summed E-state index contributed by atoms with van der Waals surface area (Å²) in [5.41, 5.74) is 4.62. The molecular weight excluding hydrogens is 583 g/mol. The third-order valence-corrected chi connectivity index (χ3v) is 6.10. The number of hydrogen-bond acceptors (Lipinski definition) is 6. The lowest BCUT2D eigenvalue weighted by molar-refractivity contribution is -0.126. The third-order valence-electron chi connectivity index (χ3n) is 4.77. The summed E-state index contributed by atoms with van der Waals surface area (Å²) in [6.45, 7) is 2.41. The minimum absolute atomic E-state index is 0.177. The van der Waals surface area contributed by atoms with E-state index in [1.54, 1.807) is 36.4 Å². The first-order chi connectivity index (χ1) is 17.8. The molecule has 2 N–H and O–H groups in total. The van der Waals surface area contributed by atoms with E-state index in [4.69, 9.17) is 32.7 Å². The van der Waals surface area contributed by atoms with Crippen LogP contribution in [-0.4, -0.2) is 24.6 Å². The van der Waals surface area contributed by atoms with Gasteiger partial charge < -0.3 is 14.8 Å². The number of nitrogens with zero attached hydrogens (tertiary/aromatic N) is 2. The highest BCUT2D eigenvalue weighted by molar-refractivity contribution is 9.10. The Kier molecular flexibility index (Phi) is 10.3. The van der Waals surface area contributed by atoms with Crippen LogP contribution in [-0.2, 0) is 16.2 Å². The van der Waals surface area contributed by atoms with Gasteiger partial charge in [0.05, 0.1) is 39.0 Å². The zero-order valence-electron chi connectivity index (χ0n) is 19.6. The SMILES string of the molecule is CCOc1cc(C=NNC(=O)CC(=O)Nc2ccc(Cl)c(Cl)c2)cc(Br)c1OCc1ccccc1C#N. The van der Waals surface area contributed by atoms with Crippen molar-refractivity contribution in [2.45, 2.75) is 20.0 Å². The molecule has 11 heteroatoms. The van der Waals surface area contributed by atoms with Crippen LogP contribution in [0.2, 0.25) is 10.0 Å². The number of hydrogen-bond donors (Lipinski definition) is 2. The van der Waals surface area contributed by atoms with E-state index in [0.717, 1.165) is 5.56 Å². The van der Waals surface area contributed by atoms with E-state index in [1.807, 2.05) is 19.1 Å². The Labute approximate surface area is 232 Å². The summed E-state index contributed by atoms with van der Waals surface area (Å²) >= 11 is 15.3. The average Bonchev–Trinajstić information content (AvgIpc) is 2.86. The molecular formula is C26H21BrCl2N4O4. The second-order valence-electron chi connectivity index (χ2n) is 7.47. The summed E-state index contributed by atoms with van der Waals surface area (Å²) in [5.74, 6) is -0.212. The predicted octanol–water partition coefficient (Wildman–Crippen LogP) is 6.08. The molecule has 0 bridgehead atoms. The molecule has 190 valence electrons. The molecule has 8 nitrogen and oxygen atoms in total. The van der Waals surface area contributed by atoms with Gasteiger partial charge >= 0.3 is 0 Å². The highest BCUT2D eigenvalue weighted by Crippen LogP contribution is 2.37. The molecule has 0 radical (unpaired) electrons. The fraction of sp³-hybridized carbons (Fsp3) is 0.154. The van der Waals surface area contributed by atoms with E-state index in [2.05, 4.69) is 37.8 Å². The molecule has 3 aromatic carbocycles. The van der Waals surface area contributed by atoms with Gasteiger partial charge in [-0.2, -0.15) is 10.4 Å². The summed E-state index contributed by atoms with van der Waals surface area (Å²) < 4.78 is 12.3. The zero-order valence-corrected chi connectivity index (χ0v) is 22.7. The summed E-state index contributed by atoms with van der Waals surface area (Å²) in [7, 11) is 0. The summed E-state index contributed by atoms with van der Waals surface area (Å²) in [5, 5.41) is 16.4. The van der Waals surface area contributed by atoms with Crippen molar-refractivity contribution in [3.63, 3.8) is 0 Å². The number of rotatable bonds is 10. The molecule has 0 aliphatic heterocycles. The zero-order chi connectivity index (χ0) is 26.8. The van der Waals surface area contributed by atoms with Gasteiger partial charge in [0.2, 0.25) is 11.8 Å². The van der Waals surface area contributed by atoms with Gasteiger partial charge in [-0.25, -0.2) is 5.43 Å². The lowest BCUT2D eigenvalue weighted by atomic mass is 10.1. The number of carbonyl (C=O) groups excluding carboxylic acids is 2. The number of nitrogens with one attached hydrogen (secondary N) is 2. The van der Waals surface area contributed by atoms with Crippen molar-refractivity contribution in [1.82, 2.24) is 5.43 Å². The van der Waals surface area contributed by atoms with Gasteiger partial charge in [0.25, 0.3) is 0 Å². The van der Waals surface area contributed by atoms with Crippen molar-refractivity contribution in [2.24, 2.45) is 5.10 Å². The molecule has 0 atom stereocenters. The number of nitriles is 1. The first-order valence-electron chi connectivity index (χ1n) is 10.9. The van der Waals surface area contributed by atoms with Gasteiger partial charge in [-0.1, -0.05) is 41.4 Å². The second kappa shape index (κ2) is 13.7. The van der Waals surface area contributed by atoms with Gasteiger partial charge in [0.15, 0.2) is 11.5 Å². The minimum Gasteiger partial charge on any atom is -0.490 e. The molecule has 0 aromatic heterocycles. The highest BCUT2D eigenvalue weighted by atomic mass is 79.9. The van der Waals surface area contributed by atoms with E-state index >= 15 is 0 Å². The first kappa shape index (κ1) is 28.0. The standard InChI is InChI=1S/C26H21BrCl2N4O4/c1-2-36-23-10-16(9-20(27)26(23)37-15-18-6-4-3-5-17(18)13-30)14-31-33-25(35)12-24(34)32-19-7-8-21(28)22(29)11-19/h3-11,14H,2,12,15H2,1H3,(H,32,34)(H,33,35). The molecule has 0 aliphatic carbocycles. The molecule has 0 fully saturated rings. The van der Waals surface area contributed by atoms with Crippen molar-refractivity contribution in [2.75, 3.05) is 11.9 Å². The van der Waals surface area contributed by atoms with Gasteiger partial charge in [0.1, 0.15) is 13.0 Å². The van der Waals surface area contributed by atoms with E-state index in [1.165, 1.54) is 12.3 Å². The molecule has 3 rings (SSSR count). The molecule has 0 saturated carbocycles. The number of anilines is 1. The second-order valence-corrected chi connectivity index (χ2v) is 9.14. The van der Waals surface area contributed by atoms with Crippen LogP contribution in [0.5, 0.6) is 11.5 Å². The van der Waals surface area contributed by atoms with Crippen molar-refractivity contribution in [3.05, 3.63) is 85.8 Å². The molecule has 0 aliphatic rings. The number of benzene rings is 3. The van der Waals surface area contributed by atoms with Crippen molar-refractivity contribution >= 4 is 62.8 Å². The number of ether oxygens (including phenoxy) is 2. The maximum Gasteiger partial charge on any atom is 0.249 e. The van der Waals surface area contributed by atoms with E-state index < -0.39 is 18.2 Å². The first-order valence-corrected chi connectivity index (χ1v) is 12.5. The fourth-order valence-corrected chi connectivity index (χ4v) is 3.99. The Morgan fingerprint density at radius 3 is 2.59 bits per heavy atom. The Bertz CT molecular complexity index is 1380. The van der Waals surface area contributed by atoms with Crippen LogP contribution in [0.15, 0.2) is 64.2 Å². The maximum absolute atomic E-state index is 12.1. The van der Waals surface area contributed by atoms with Crippen LogP contribution >= 0.6 is 39.1 Å². The fourth-order valence-electron chi connectivity index (χ4n) is 3.11. The Morgan fingerprint density at radius 2 is 1.86 bits per heavy atom. The van der Waals surface area contributed by atoms with Gasteiger partial charge in [-0.3, -0.25) is 9.59 Å². The largest absolute Gasteiger partial charge is 0.490 e. The van der Waals surface area contributed by atoms with E-state index in [0.29, 0.717) is 44.4 Å². The van der Waals surface area contributed by atoms with E-state index in [9.17, 15) is 14.9 Å². The Hall–Kier alpha value is -3.58. The van der Waals surface area contributed by atoms with E-state index in [-0.39, 0.29) is 11.6 Å². The maximum atomic E-state index is 12.1. The molecule has 0 spiro atoms. The van der Waals surface area contributed by atoms with Gasteiger partial charge in [0, 0.05) is 11.3 Å². The summed E-state index contributed by atoms with van der Waals surface area (Å²) in [6.07, 6.45) is 0.971. The van der Waals surface area contributed by atoms with Crippen molar-refractivity contribution < 1.29 is 19.1 Å². The van der Waals surface area contributed by atoms with Crippen LogP contribution in [0.4, 0.5) is 5.69 Å². The quantitative estimate of drug-likeness (QED) is 0.166. The molecule has 0 unspecified atom stereocenters. The smallest absolute Gasteiger partial charge is 0.249 e. The topological polar surface area (TPSA) is 113 Å². The normalized spacial score (nSPS) is 10.6. The van der Waals surface area contributed by atoms with Crippen LogP contribution in [0, 0.1) is 11.3 Å². The monoisotopic (exact) mass is 602 g/mol. The molecule has 2 amide bonds. The lowest BCUT2D eigenvalue weighted by Crippen LogP contribution is -2.24. The summed E-state index contributed by atoms with van der Waals surface area (Å²) in [4.78, 5) is 24.2. The van der Waals surface area contributed by atoms with Crippen LogP contribution in [0.1, 0.15) is 30.0 Å². The predicted molar refractivity (Wildman–Crippen MR) is 146 cm³/mol. The van der Waals surface area contributed by atoms with Crippen LogP contribution in [0.25, 0.3) is 0 Å². The van der Waals surface area contributed by atoms with Gasteiger partial charge in [-0.15, -0.1) is 0 Å². The lowest BCUT2D eigenvalue weighted by Gasteiger charge is -2.15. The molecule has 0 saturated heterocycles. The highest BCUT2D eigenvalue weighted by Gasteiger charge is 2.14. The molecule has 0 heterocycles. The number of hydrazone groups is 1. The van der Waals surface area contributed by atoms with Crippen molar-refractivity contribution in [3.8, 4) is 17.6 Å². The number of carbonyl (C=O) groups is 2. The average molecular weight is 604 g/mol. The minimum atomic E-state index is -0.603. The third kappa shape index (κ3) is 8.22. The van der Waals surface area contributed by atoms with Crippen molar-refractivity contribution in [1.29, 1.82) is 5.26 Å². The van der Waals surface area contributed by atoms with Crippen LogP contribution in [0.3, 0.4) is 0 Å². The number of halogens is 3. The Morgan fingerprint density at radius 1 is 1.08 bits per heavy atom. The number of amides is 2. The van der Waals surface area contributed by atoms with Gasteiger partial charge in [-0.05, 0) is 64.8 Å². The Balaban J connectivity index is 1.61. The van der Waals surface area contributed by atoms with Crippen LogP contribution < -0.4 is 20.2 Å². The summed E-state index contributed by atoms with van der Waals surface area (Å²) in [6, 6.07) is 17.4. The molecule has 3 aromatic rings.